The van der Waals surface area contributed by atoms with E-state index in [4.69, 9.17) is 22.9 Å². The molecule has 4 heteroatoms. The molecule has 18 heavy (non-hydrogen) atoms. The third-order valence-electron chi connectivity index (χ3n) is 3.53. The van der Waals surface area contributed by atoms with Crippen molar-refractivity contribution in [3.05, 3.63) is 35.4 Å². The van der Waals surface area contributed by atoms with Gasteiger partial charge in [-0.25, -0.2) is 0 Å². The summed E-state index contributed by atoms with van der Waals surface area (Å²) in [6.45, 7) is 5.15. The van der Waals surface area contributed by atoms with Crippen molar-refractivity contribution < 1.29 is 0 Å². The molecule has 0 heterocycles. The Labute approximate surface area is 110 Å². The Hall–Kier alpha value is -0.940. The average molecular weight is 250 g/mol. The minimum absolute atomic E-state index is 0.383. The molecule has 2 atom stereocenters. The fraction of sp³-hybridized carbons (Fsp3) is 0.571. The van der Waals surface area contributed by atoms with Crippen LogP contribution in [-0.2, 0) is 11.1 Å². The predicted octanol–water partition coefficient (Wildman–Crippen LogP) is 0.732. The lowest BCUT2D eigenvalue weighted by atomic mass is 9.85. The van der Waals surface area contributed by atoms with Crippen LogP contribution in [0.1, 0.15) is 37.8 Å². The highest BCUT2D eigenvalue weighted by Gasteiger charge is 2.23. The van der Waals surface area contributed by atoms with Crippen LogP contribution in [0.2, 0.25) is 0 Å². The number of benzene rings is 1. The molecule has 0 amide bonds. The lowest BCUT2D eigenvalue weighted by Gasteiger charge is -2.28. The van der Waals surface area contributed by atoms with Crippen LogP contribution in [0.15, 0.2) is 24.3 Å². The van der Waals surface area contributed by atoms with Crippen molar-refractivity contribution in [2.75, 3.05) is 13.1 Å². The van der Waals surface area contributed by atoms with Gasteiger partial charge in [0, 0.05) is 11.1 Å². The minimum atomic E-state index is -0.383. The monoisotopic (exact) mass is 250 g/mol. The van der Waals surface area contributed by atoms with E-state index in [1.54, 1.807) is 0 Å². The maximum Gasteiger partial charge on any atom is 0.0393 e. The van der Waals surface area contributed by atoms with E-state index in [-0.39, 0.29) is 11.1 Å². The van der Waals surface area contributed by atoms with Gasteiger partial charge in [-0.15, -0.1) is 0 Å². The fourth-order valence-corrected chi connectivity index (χ4v) is 2.12. The van der Waals surface area contributed by atoms with Crippen molar-refractivity contribution in [3.63, 3.8) is 0 Å². The summed E-state index contributed by atoms with van der Waals surface area (Å²) in [6, 6.07) is 8.14. The highest BCUT2D eigenvalue weighted by Crippen LogP contribution is 2.25. The zero-order valence-corrected chi connectivity index (χ0v) is 11.4. The van der Waals surface area contributed by atoms with Crippen molar-refractivity contribution in [2.45, 2.75) is 37.8 Å². The number of nitrogens with two attached hydrogens (primary N) is 4. The molecule has 0 aliphatic heterocycles. The molecule has 0 aliphatic rings. The molecule has 4 nitrogen and oxygen atoms in total. The molecule has 0 aliphatic carbocycles. The van der Waals surface area contributed by atoms with Gasteiger partial charge in [-0.2, -0.15) is 0 Å². The first kappa shape index (κ1) is 15.1. The molecule has 1 aromatic carbocycles. The SMILES string of the molecule is CC(N)(CCN)c1ccc(C(C)(N)CCN)cc1. The topological polar surface area (TPSA) is 104 Å². The number of hydrogen-bond donors (Lipinski definition) is 4. The second-order valence-corrected chi connectivity index (χ2v) is 5.49. The Morgan fingerprint density at radius 2 is 1.06 bits per heavy atom. The molecule has 0 saturated carbocycles. The summed E-state index contributed by atoms with van der Waals surface area (Å²) in [7, 11) is 0. The molecule has 0 radical (unpaired) electrons. The van der Waals surface area contributed by atoms with Crippen LogP contribution in [0.4, 0.5) is 0 Å². The first-order valence-corrected chi connectivity index (χ1v) is 6.42. The maximum atomic E-state index is 6.24. The van der Waals surface area contributed by atoms with Crippen LogP contribution in [0.25, 0.3) is 0 Å². The maximum absolute atomic E-state index is 6.24. The van der Waals surface area contributed by atoms with E-state index in [0.717, 1.165) is 24.0 Å². The first-order valence-electron chi connectivity index (χ1n) is 6.42. The molecule has 0 spiro atoms. The van der Waals surface area contributed by atoms with Gasteiger partial charge in [-0.1, -0.05) is 24.3 Å². The van der Waals surface area contributed by atoms with Gasteiger partial charge in [-0.05, 0) is 50.9 Å². The van der Waals surface area contributed by atoms with E-state index in [9.17, 15) is 0 Å². The summed E-state index contributed by atoms with van der Waals surface area (Å²) in [5, 5.41) is 0. The lowest BCUT2D eigenvalue weighted by Crippen LogP contribution is -2.37. The Bertz CT molecular complexity index is 331. The van der Waals surface area contributed by atoms with Crippen LogP contribution < -0.4 is 22.9 Å². The van der Waals surface area contributed by atoms with E-state index in [1.807, 2.05) is 38.1 Å². The average Bonchev–Trinajstić information content (AvgIpc) is 2.29. The van der Waals surface area contributed by atoms with Crippen molar-refractivity contribution in [2.24, 2.45) is 22.9 Å². The third kappa shape index (κ3) is 3.53. The van der Waals surface area contributed by atoms with Crippen molar-refractivity contribution in [3.8, 4) is 0 Å². The van der Waals surface area contributed by atoms with E-state index in [2.05, 4.69) is 0 Å². The summed E-state index contributed by atoms with van der Waals surface area (Å²) >= 11 is 0. The lowest BCUT2D eigenvalue weighted by molar-refractivity contribution is 0.451. The Morgan fingerprint density at radius 3 is 1.28 bits per heavy atom. The molecule has 0 bridgehead atoms. The predicted molar refractivity (Wildman–Crippen MR) is 76.9 cm³/mol. The number of rotatable bonds is 6. The van der Waals surface area contributed by atoms with Crippen LogP contribution in [-0.4, -0.2) is 13.1 Å². The number of hydrogen-bond acceptors (Lipinski definition) is 4. The van der Waals surface area contributed by atoms with Gasteiger partial charge in [-0.3, -0.25) is 0 Å². The zero-order valence-electron chi connectivity index (χ0n) is 11.4. The Kier molecular flexibility index (Phi) is 4.87. The molecule has 102 valence electrons. The molecule has 8 N–H and O–H groups in total. The Balaban J connectivity index is 2.92. The van der Waals surface area contributed by atoms with E-state index in [0.29, 0.717) is 13.1 Å². The second-order valence-electron chi connectivity index (χ2n) is 5.49. The highest BCUT2D eigenvalue weighted by molar-refractivity contribution is 5.31. The van der Waals surface area contributed by atoms with Gasteiger partial charge in [0.25, 0.3) is 0 Å². The molecule has 2 unspecified atom stereocenters. The summed E-state index contributed by atoms with van der Waals surface area (Å²) in [5.74, 6) is 0. The van der Waals surface area contributed by atoms with E-state index in [1.165, 1.54) is 0 Å². The van der Waals surface area contributed by atoms with E-state index < -0.39 is 0 Å². The molecular formula is C14H26N4. The molecule has 0 aromatic heterocycles. The minimum Gasteiger partial charge on any atom is -0.330 e. The summed E-state index contributed by atoms with van der Waals surface area (Å²) in [6.07, 6.45) is 1.52. The quantitative estimate of drug-likeness (QED) is 0.597. The first-order chi connectivity index (χ1) is 8.33. The van der Waals surface area contributed by atoms with Gasteiger partial charge in [0.2, 0.25) is 0 Å². The van der Waals surface area contributed by atoms with Crippen LogP contribution in [0.5, 0.6) is 0 Å². The smallest absolute Gasteiger partial charge is 0.0393 e. The van der Waals surface area contributed by atoms with Gasteiger partial charge in [0.15, 0.2) is 0 Å². The van der Waals surface area contributed by atoms with Crippen molar-refractivity contribution >= 4 is 0 Å². The normalized spacial score (nSPS) is 18.1. The van der Waals surface area contributed by atoms with Crippen molar-refractivity contribution in [1.29, 1.82) is 0 Å². The van der Waals surface area contributed by atoms with Gasteiger partial charge in [0.05, 0.1) is 0 Å². The van der Waals surface area contributed by atoms with Gasteiger partial charge >= 0.3 is 0 Å². The molecule has 1 aromatic rings. The second kappa shape index (κ2) is 5.80. The summed E-state index contributed by atoms with van der Waals surface area (Å²) < 4.78 is 0. The fourth-order valence-electron chi connectivity index (χ4n) is 2.12. The summed E-state index contributed by atoms with van der Waals surface area (Å²) in [4.78, 5) is 0. The van der Waals surface area contributed by atoms with Crippen LogP contribution >= 0.6 is 0 Å². The molecule has 0 saturated heterocycles. The largest absolute Gasteiger partial charge is 0.330 e. The highest BCUT2D eigenvalue weighted by atomic mass is 14.7. The van der Waals surface area contributed by atoms with E-state index >= 15 is 0 Å². The van der Waals surface area contributed by atoms with Gasteiger partial charge < -0.3 is 22.9 Å². The molecular weight excluding hydrogens is 224 g/mol. The summed E-state index contributed by atoms with van der Waals surface area (Å²) in [5.41, 5.74) is 25.0. The third-order valence-corrected chi connectivity index (χ3v) is 3.53. The van der Waals surface area contributed by atoms with Crippen LogP contribution in [0.3, 0.4) is 0 Å². The van der Waals surface area contributed by atoms with Crippen LogP contribution in [0, 0.1) is 0 Å². The standard InChI is InChI=1S/C14H26N4/c1-13(17,7-9-15)11-3-5-12(6-4-11)14(2,18)8-10-16/h3-6H,7-10,15-18H2,1-2H3. The van der Waals surface area contributed by atoms with Gasteiger partial charge in [0.1, 0.15) is 0 Å². The Morgan fingerprint density at radius 1 is 0.778 bits per heavy atom. The van der Waals surface area contributed by atoms with Crippen molar-refractivity contribution in [1.82, 2.24) is 0 Å². The molecule has 1 rings (SSSR count). The zero-order chi connectivity index (χ0) is 13.8. The molecule has 0 fully saturated rings.